The molecule has 0 aliphatic heterocycles. The third-order valence-corrected chi connectivity index (χ3v) is 3.27. The van der Waals surface area contributed by atoms with Crippen LogP contribution in [0.5, 0.6) is 0 Å². The van der Waals surface area contributed by atoms with Gasteiger partial charge in [-0.25, -0.2) is 0 Å². The molecule has 2 heteroatoms. The van der Waals surface area contributed by atoms with Gasteiger partial charge < -0.3 is 4.57 Å². The predicted octanol–water partition coefficient (Wildman–Crippen LogP) is 3.10. The second-order valence-corrected chi connectivity index (χ2v) is 4.70. The summed E-state index contributed by atoms with van der Waals surface area (Å²) < 4.78 is 2.40. The maximum Gasteiger partial charge on any atom is 0.0258 e. The van der Waals surface area contributed by atoms with Gasteiger partial charge in [0.25, 0.3) is 0 Å². The van der Waals surface area contributed by atoms with Gasteiger partial charge in [0, 0.05) is 17.9 Å². The number of nitrogens with zero attached hydrogens (tertiary/aromatic N) is 1. The molecule has 1 nitrogen and oxygen atoms in total. The van der Waals surface area contributed by atoms with E-state index in [1.165, 1.54) is 17.1 Å². The van der Waals surface area contributed by atoms with E-state index in [0.29, 0.717) is 0 Å². The largest absolute Gasteiger partial charge is 0.349 e. The van der Waals surface area contributed by atoms with Crippen LogP contribution in [0.4, 0.5) is 0 Å². The van der Waals surface area contributed by atoms with Crippen molar-refractivity contribution in [1.29, 1.82) is 0 Å². The summed E-state index contributed by atoms with van der Waals surface area (Å²) >= 11 is 1.93. The van der Waals surface area contributed by atoms with Crippen LogP contribution in [-0.2, 0) is 6.54 Å². The quantitative estimate of drug-likeness (QED) is 0.718. The van der Waals surface area contributed by atoms with Crippen LogP contribution in [0.2, 0.25) is 0 Å². The molecule has 0 saturated heterocycles. The normalized spacial score (nSPS) is 13.2. The molecule has 74 valence electrons. The molecule has 1 unspecified atom stereocenters. The molecular weight excluding hydrogens is 178 g/mol. The molecular formula is C11H19NS. The number of aryl methyl sites for hydroxylation is 2. The zero-order valence-electron chi connectivity index (χ0n) is 9.00. The summed E-state index contributed by atoms with van der Waals surface area (Å²) in [5.74, 6) is 2.01. The molecule has 1 atom stereocenters. The first kappa shape index (κ1) is 10.7. The fraction of sp³-hybridized carbons (Fsp3) is 0.636. The molecule has 0 aliphatic rings. The maximum atomic E-state index is 2.40. The molecule has 0 N–H and O–H groups in total. The van der Waals surface area contributed by atoms with Gasteiger partial charge in [0.05, 0.1) is 0 Å². The van der Waals surface area contributed by atoms with E-state index in [9.17, 15) is 0 Å². The zero-order chi connectivity index (χ0) is 9.84. The van der Waals surface area contributed by atoms with Crippen molar-refractivity contribution in [2.24, 2.45) is 5.92 Å². The summed E-state index contributed by atoms with van der Waals surface area (Å²) in [5, 5.41) is 0. The molecule has 0 saturated carbocycles. The van der Waals surface area contributed by atoms with Crippen molar-refractivity contribution in [2.75, 3.05) is 12.0 Å². The third-order valence-electron chi connectivity index (χ3n) is 2.36. The van der Waals surface area contributed by atoms with E-state index in [0.717, 1.165) is 12.5 Å². The molecule has 1 aromatic heterocycles. The average molecular weight is 197 g/mol. The fourth-order valence-electron chi connectivity index (χ4n) is 1.64. The van der Waals surface area contributed by atoms with Crippen LogP contribution < -0.4 is 0 Å². The Bertz CT molecular complexity index is 246. The molecule has 0 radical (unpaired) electrons. The smallest absolute Gasteiger partial charge is 0.0258 e. The summed E-state index contributed by atoms with van der Waals surface area (Å²) in [5.41, 5.74) is 2.76. The van der Waals surface area contributed by atoms with Gasteiger partial charge in [0.2, 0.25) is 0 Å². The van der Waals surface area contributed by atoms with Crippen molar-refractivity contribution < 1.29 is 0 Å². The van der Waals surface area contributed by atoms with Crippen LogP contribution >= 0.6 is 11.8 Å². The highest BCUT2D eigenvalue weighted by Crippen LogP contribution is 2.13. The Morgan fingerprint density at radius 1 is 1.31 bits per heavy atom. The standard InChI is InChI=1S/C11H19NS/c1-9(8-13-4)7-12-10(2)5-6-11(12)3/h5-6,9H,7-8H2,1-4H3. The van der Waals surface area contributed by atoms with E-state index in [4.69, 9.17) is 0 Å². The lowest BCUT2D eigenvalue weighted by Crippen LogP contribution is -2.11. The van der Waals surface area contributed by atoms with Gasteiger partial charge in [-0.2, -0.15) is 11.8 Å². The molecule has 0 bridgehead atoms. The van der Waals surface area contributed by atoms with Crippen molar-refractivity contribution in [1.82, 2.24) is 4.57 Å². The number of rotatable bonds is 4. The summed E-state index contributed by atoms with van der Waals surface area (Å²) in [6, 6.07) is 4.39. The highest BCUT2D eigenvalue weighted by Gasteiger charge is 2.05. The molecule has 0 fully saturated rings. The van der Waals surface area contributed by atoms with Crippen molar-refractivity contribution in [3.05, 3.63) is 23.5 Å². The van der Waals surface area contributed by atoms with Gasteiger partial charge >= 0.3 is 0 Å². The first-order valence-corrected chi connectivity index (χ1v) is 6.16. The van der Waals surface area contributed by atoms with Crippen LogP contribution in [-0.4, -0.2) is 16.6 Å². The van der Waals surface area contributed by atoms with Gasteiger partial charge in [0.1, 0.15) is 0 Å². The summed E-state index contributed by atoms with van der Waals surface area (Å²) in [7, 11) is 0. The first-order valence-electron chi connectivity index (χ1n) is 4.76. The van der Waals surface area contributed by atoms with Crippen molar-refractivity contribution in [3.63, 3.8) is 0 Å². The second kappa shape index (κ2) is 4.75. The first-order chi connectivity index (χ1) is 6.15. The fourth-order valence-corrected chi connectivity index (χ4v) is 2.31. The molecule has 13 heavy (non-hydrogen) atoms. The van der Waals surface area contributed by atoms with Crippen LogP contribution in [0.25, 0.3) is 0 Å². The Morgan fingerprint density at radius 2 is 1.85 bits per heavy atom. The van der Waals surface area contributed by atoms with E-state index >= 15 is 0 Å². The number of aromatic nitrogens is 1. The maximum absolute atomic E-state index is 2.40. The monoisotopic (exact) mass is 197 g/mol. The van der Waals surface area contributed by atoms with Gasteiger partial charge in [-0.05, 0) is 43.9 Å². The van der Waals surface area contributed by atoms with E-state index in [2.05, 4.69) is 43.7 Å². The Labute approximate surface area is 85.5 Å². The van der Waals surface area contributed by atoms with E-state index in [1.54, 1.807) is 0 Å². The number of hydrogen-bond acceptors (Lipinski definition) is 1. The Hall–Kier alpha value is -0.370. The molecule has 0 aliphatic carbocycles. The number of thioether (sulfide) groups is 1. The average Bonchev–Trinajstić information content (AvgIpc) is 2.36. The minimum atomic E-state index is 0.764. The Kier molecular flexibility index (Phi) is 3.91. The van der Waals surface area contributed by atoms with Gasteiger partial charge in [-0.1, -0.05) is 6.92 Å². The molecule has 0 aromatic carbocycles. The van der Waals surface area contributed by atoms with Gasteiger partial charge in [0.15, 0.2) is 0 Å². The molecule has 0 amide bonds. The topological polar surface area (TPSA) is 4.93 Å². The summed E-state index contributed by atoms with van der Waals surface area (Å²) in [6.45, 7) is 7.83. The SMILES string of the molecule is CSCC(C)Cn1c(C)ccc1C. The molecule has 1 rings (SSSR count). The second-order valence-electron chi connectivity index (χ2n) is 3.79. The van der Waals surface area contributed by atoms with Crippen LogP contribution in [0.3, 0.4) is 0 Å². The Morgan fingerprint density at radius 3 is 2.31 bits per heavy atom. The van der Waals surface area contributed by atoms with Crippen LogP contribution in [0, 0.1) is 19.8 Å². The third kappa shape index (κ3) is 2.80. The lowest BCUT2D eigenvalue weighted by Gasteiger charge is -2.14. The van der Waals surface area contributed by atoms with E-state index < -0.39 is 0 Å². The van der Waals surface area contributed by atoms with Crippen molar-refractivity contribution >= 4 is 11.8 Å². The number of hydrogen-bond donors (Lipinski definition) is 0. The highest BCUT2D eigenvalue weighted by molar-refractivity contribution is 7.98. The molecule has 1 heterocycles. The minimum absolute atomic E-state index is 0.764. The minimum Gasteiger partial charge on any atom is -0.349 e. The molecule has 0 spiro atoms. The van der Waals surface area contributed by atoms with Crippen molar-refractivity contribution in [3.8, 4) is 0 Å². The van der Waals surface area contributed by atoms with E-state index in [-0.39, 0.29) is 0 Å². The molecule has 1 aromatic rings. The predicted molar refractivity (Wildman–Crippen MR) is 61.5 cm³/mol. The van der Waals surface area contributed by atoms with Crippen LogP contribution in [0.15, 0.2) is 12.1 Å². The highest BCUT2D eigenvalue weighted by atomic mass is 32.2. The zero-order valence-corrected chi connectivity index (χ0v) is 9.82. The Balaban J connectivity index is 2.62. The summed E-state index contributed by atoms with van der Waals surface area (Å²) in [6.07, 6.45) is 2.17. The lowest BCUT2D eigenvalue weighted by atomic mass is 10.2. The summed E-state index contributed by atoms with van der Waals surface area (Å²) in [4.78, 5) is 0. The van der Waals surface area contributed by atoms with E-state index in [1.807, 2.05) is 11.8 Å². The van der Waals surface area contributed by atoms with Crippen LogP contribution in [0.1, 0.15) is 18.3 Å². The lowest BCUT2D eigenvalue weighted by molar-refractivity contribution is 0.516. The van der Waals surface area contributed by atoms with Gasteiger partial charge in [-0.3, -0.25) is 0 Å². The van der Waals surface area contributed by atoms with Gasteiger partial charge in [-0.15, -0.1) is 0 Å². The van der Waals surface area contributed by atoms with Crippen molar-refractivity contribution in [2.45, 2.75) is 27.3 Å².